The molecule has 0 aliphatic heterocycles. The Kier molecular flexibility index (Phi) is 2.13. The number of aryl methyl sites for hydroxylation is 1. The van der Waals surface area contributed by atoms with Crippen LogP contribution in [0.5, 0.6) is 0 Å². The molecule has 0 aliphatic rings. The number of aromatic nitrogens is 1. The molecule has 5 heteroatoms. The van der Waals surface area contributed by atoms with Crippen LogP contribution < -0.4 is 5.46 Å². The van der Waals surface area contributed by atoms with E-state index in [1.807, 2.05) is 0 Å². The molecule has 0 spiro atoms. The molecule has 0 fully saturated rings. The molecule has 1 rings (SSSR count). The lowest BCUT2D eigenvalue weighted by Gasteiger charge is -2.09. The van der Waals surface area contributed by atoms with Crippen LogP contribution in [0.25, 0.3) is 0 Å². The van der Waals surface area contributed by atoms with Gasteiger partial charge in [-0.3, -0.25) is 4.98 Å². The van der Waals surface area contributed by atoms with Crippen LogP contribution >= 0.6 is 0 Å². The van der Waals surface area contributed by atoms with Crippen molar-refractivity contribution in [2.75, 3.05) is 0 Å². The van der Waals surface area contributed by atoms with E-state index in [1.165, 1.54) is 13.1 Å². The second-order valence-corrected chi connectivity index (χ2v) is 2.64. The third-order valence-corrected chi connectivity index (χ3v) is 1.53. The van der Waals surface area contributed by atoms with Crippen molar-refractivity contribution in [2.24, 2.45) is 0 Å². The molecule has 0 N–H and O–H groups in total. The number of rotatable bonds is 0. The Balaban J connectivity index is 3.23. The zero-order chi connectivity index (χ0) is 9.35. The van der Waals surface area contributed by atoms with Gasteiger partial charge < -0.3 is 0 Å². The summed E-state index contributed by atoms with van der Waals surface area (Å²) in [6.07, 6.45) is -2.87. The number of hydrogen-bond donors (Lipinski definition) is 0. The van der Waals surface area contributed by atoms with Gasteiger partial charge in [-0.05, 0) is 6.92 Å². The molecule has 0 bridgehead atoms. The Morgan fingerprint density at radius 1 is 1.42 bits per heavy atom. The summed E-state index contributed by atoms with van der Waals surface area (Å²) >= 11 is 0. The van der Waals surface area contributed by atoms with E-state index in [0.29, 0.717) is 5.46 Å². The van der Waals surface area contributed by atoms with Gasteiger partial charge in [-0.1, -0.05) is 11.5 Å². The van der Waals surface area contributed by atoms with Gasteiger partial charge in [-0.25, -0.2) is 0 Å². The molecular weight excluding hydrogens is 166 g/mol. The van der Waals surface area contributed by atoms with E-state index in [0.717, 1.165) is 6.07 Å². The molecular formula is C7H7BF3N. The molecule has 0 atom stereocenters. The first-order valence-corrected chi connectivity index (χ1v) is 3.41. The Morgan fingerprint density at radius 3 is 2.42 bits per heavy atom. The lowest BCUT2D eigenvalue weighted by molar-refractivity contribution is -0.138. The minimum absolute atomic E-state index is 0.0214. The Labute approximate surface area is 69.0 Å². The zero-order valence-electron chi connectivity index (χ0n) is 6.74. The smallest absolute Gasteiger partial charge is 0.262 e. The molecule has 0 radical (unpaired) electrons. The number of nitrogens with zero attached hydrogens (tertiary/aromatic N) is 1. The number of halogens is 3. The van der Waals surface area contributed by atoms with Crippen molar-refractivity contribution in [1.82, 2.24) is 4.98 Å². The molecule has 12 heavy (non-hydrogen) atoms. The van der Waals surface area contributed by atoms with Crippen LogP contribution in [0.2, 0.25) is 0 Å². The third kappa shape index (κ3) is 1.78. The monoisotopic (exact) mass is 173 g/mol. The van der Waals surface area contributed by atoms with Crippen LogP contribution in [0.4, 0.5) is 13.2 Å². The average Bonchev–Trinajstić information content (AvgIpc) is 1.92. The van der Waals surface area contributed by atoms with Gasteiger partial charge >= 0.3 is 6.18 Å². The van der Waals surface area contributed by atoms with Crippen molar-refractivity contribution in [1.29, 1.82) is 0 Å². The summed E-state index contributed by atoms with van der Waals surface area (Å²) in [5, 5.41) is 0. The molecule has 0 amide bonds. The average molecular weight is 173 g/mol. The van der Waals surface area contributed by atoms with Gasteiger partial charge in [0, 0.05) is 11.9 Å². The highest BCUT2D eigenvalue weighted by Crippen LogP contribution is 2.29. The van der Waals surface area contributed by atoms with Gasteiger partial charge in [0.2, 0.25) is 0 Å². The fourth-order valence-electron chi connectivity index (χ4n) is 0.925. The normalized spacial score (nSPS) is 11.7. The molecule has 1 aromatic heterocycles. The summed E-state index contributed by atoms with van der Waals surface area (Å²) in [6, 6.07) is 1.10. The standard InChI is InChI=1S/C7H7BF3N/c1-4-6(7(9,10)11)2-5(8)3-12-4/h2-3H,8H2,1H3. The lowest BCUT2D eigenvalue weighted by atomic mass is 9.96. The number of pyridine rings is 1. The van der Waals surface area contributed by atoms with E-state index < -0.39 is 11.7 Å². The van der Waals surface area contributed by atoms with E-state index >= 15 is 0 Å². The van der Waals surface area contributed by atoms with E-state index in [1.54, 1.807) is 7.85 Å². The van der Waals surface area contributed by atoms with Crippen LogP contribution in [0.1, 0.15) is 11.3 Å². The van der Waals surface area contributed by atoms with E-state index in [9.17, 15) is 13.2 Å². The topological polar surface area (TPSA) is 12.9 Å². The van der Waals surface area contributed by atoms with E-state index in [-0.39, 0.29) is 5.69 Å². The Bertz CT molecular complexity index is 295. The first kappa shape index (κ1) is 9.10. The van der Waals surface area contributed by atoms with Crippen LogP contribution in [0.15, 0.2) is 12.3 Å². The van der Waals surface area contributed by atoms with Crippen LogP contribution in [-0.4, -0.2) is 12.8 Å². The van der Waals surface area contributed by atoms with Crippen LogP contribution in [-0.2, 0) is 6.18 Å². The van der Waals surface area contributed by atoms with Gasteiger partial charge in [0.05, 0.1) is 5.56 Å². The second kappa shape index (κ2) is 2.81. The molecule has 1 heterocycles. The maximum Gasteiger partial charge on any atom is 0.418 e. The van der Waals surface area contributed by atoms with Gasteiger partial charge in [0.15, 0.2) is 0 Å². The van der Waals surface area contributed by atoms with Gasteiger partial charge in [-0.15, -0.1) is 0 Å². The zero-order valence-corrected chi connectivity index (χ0v) is 6.74. The summed E-state index contributed by atoms with van der Waals surface area (Å²) in [5.41, 5.74) is -0.108. The van der Waals surface area contributed by atoms with Gasteiger partial charge in [-0.2, -0.15) is 13.2 Å². The maximum atomic E-state index is 12.2. The van der Waals surface area contributed by atoms with Crippen molar-refractivity contribution in [3.63, 3.8) is 0 Å². The van der Waals surface area contributed by atoms with Crippen molar-refractivity contribution in [3.8, 4) is 0 Å². The Hall–Kier alpha value is -0.995. The molecule has 0 unspecified atom stereocenters. The summed E-state index contributed by atoms with van der Waals surface area (Å²) in [4.78, 5) is 3.63. The quantitative estimate of drug-likeness (QED) is 0.525. The molecule has 64 valence electrons. The highest BCUT2D eigenvalue weighted by molar-refractivity contribution is 6.32. The number of hydrogen-bond acceptors (Lipinski definition) is 1. The second-order valence-electron chi connectivity index (χ2n) is 2.64. The molecule has 0 saturated heterocycles. The molecule has 0 aromatic carbocycles. The molecule has 1 nitrogen and oxygen atoms in total. The highest BCUT2D eigenvalue weighted by Gasteiger charge is 2.32. The SMILES string of the molecule is Bc1cnc(C)c(C(F)(F)F)c1. The van der Waals surface area contributed by atoms with E-state index in [4.69, 9.17) is 0 Å². The largest absolute Gasteiger partial charge is 0.418 e. The van der Waals surface area contributed by atoms with Crippen molar-refractivity contribution in [2.45, 2.75) is 13.1 Å². The minimum Gasteiger partial charge on any atom is -0.262 e. The van der Waals surface area contributed by atoms with Crippen LogP contribution in [0.3, 0.4) is 0 Å². The minimum atomic E-state index is -4.29. The maximum absolute atomic E-state index is 12.2. The first-order valence-electron chi connectivity index (χ1n) is 3.41. The fraction of sp³-hybridized carbons (Fsp3) is 0.286. The molecule has 0 saturated carbocycles. The molecule has 0 aliphatic carbocycles. The summed E-state index contributed by atoms with van der Waals surface area (Å²) in [5.74, 6) is 0. The third-order valence-electron chi connectivity index (χ3n) is 1.53. The molecule has 1 aromatic rings. The summed E-state index contributed by atoms with van der Waals surface area (Å²) in [7, 11) is 1.58. The summed E-state index contributed by atoms with van der Waals surface area (Å²) < 4.78 is 36.6. The van der Waals surface area contributed by atoms with Gasteiger partial charge in [0.1, 0.15) is 7.85 Å². The van der Waals surface area contributed by atoms with Crippen LogP contribution in [0, 0.1) is 6.92 Å². The lowest BCUT2D eigenvalue weighted by Crippen LogP contribution is -2.14. The predicted octanol–water partition coefficient (Wildman–Crippen LogP) is 0.667. The van der Waals surface area contributed by atoms with Crippen molar-refractivity contribution in [3.05, 3.63) is 23.5 Å². The highest BCUT2D eigenvalue weighted by atomic mass is 19.4. The first-order chi connectivity index (χ1) is 5.41. The fourth-order valence-corrected chi connectivity index (χ4v) is 0.925. The van der Waals surface area contributed by atoms with E-state index in [2.05, 4.69) is 4.98 Å². The van der Waals surface area contributed by atoms with Gasteiger partial charge in [0.25, 0.3) is 0 Å². The summed E-state index contributed by atoms with van der Waals surface area (Å²) in [6.45, 7) is 1.35. The Morgan fingerprint density at radius 2 is 2.00 bits per heavy atom. The predicted molar refractivity (Wildman–Crippen MR) is 42.2 cm³/mol. The number of alkyl halides is 3. The van der Waals surface area contributed by atoms with Crippen molar-refractivity contribution >= 4 is 13.3 Å². The van der Waals surface area contributed by atoms with Crippen molar-refractivity contribution < 1.29 is 13.2 Å².